The third-order valence-corrected chi connectivity index (χ3v) is 5.03. The van der Waals surface area contributed by atoms with E-state index in [0.29, 0.717) is 29.6 Å². The quantitative estimate of drug-likeness (QED) is 0.666. The summed E-state index contributed by atoms with van der Waals surface area (Å²) in [5, 5.41) is 19.7. The normalized spacial score (nSPS) is 15.7. The van der Waals surface area contributed by atoms with Crippen LogP contribution in [0.25, 0.3) is 11.0 Å². The number of phenols is 1. The highest BCUT2D eigenvalue weighted by Gasteiger charge is 2.42. The molecule has 0 saturated carbocycles. The van der Waals surface area contributed by atoms with Gasteiger partial charge < -0.3 is 24.3 Å². The lowest BCUT2D eigenvalue weighted by Crippen LogP contribution is -2.31. The van der Waals surface area contributed by atoms with Crippen LogP contribution < -0.4 is 10.2 Å². The molecule has 0 spiro atoms. The van der Waals surface area contributed by atoms with Gasteiger partial charge in [0, 0.05) is 13.2 Å². The number of carbonyl (C=O) groups excluding carboxylic acids is 1. The van der Waals surface area contributed by atoms with Crippen LogP contribution in [-0.4, -0.2) is 40.8 Å². The molecule has 2 heterocycles. The first kappa shape index (κ1) is 19.0. The van der Waals surface area contributed by atoms with E-state index in [1.54, 1.807) is 43.3 Å². The number of benzene rings is 2. The Morgan fingerprint density at radius 2 is 1.97 bits per heavy atom. The van der Waals surface area contributed by atoms with Gasteiger partial charge in [0.05, 0.1) is 23.6 Å². The Balaban J connectivity index is 1.94. The fraction of sp³-hybridized carbons (Fsp3) is 0.273. The summed E-state index contributed by atoms with van der Waals surface area (Å²) in [7, 11) is 0. The van der Waals surface area contributed by atoms with Gasteiger partial charge in [-0.2, -0.15) is 0 Å². The summed E-state index contributed by atoms with van der Waals surface area (Å²) in [6.45, 7) is 2.33. The smallest absolute Gasteiger partial charge is 0.290 e. The summed E-state index contributed by atoms with van der Waals surface area (Å²) in [4.78, 5) is 27.9. The molecule has 0 unspecified atom stereocenters. The van der Waals surface area contributed by atoms with Crippen molar-refractivity contribution >= 4 is 16.9 Å². The molecule has 1 aromatic heterocycles. The van der Waals surface area contributed by atoms with Gasteiger partial charge in [0.1, 0.15) is 5.58 Å². The van der Waals surface area contributed by atoms with E-state index in [4.69, 9.17) is 9.15 Å². The number of amides is 1. The van der Waals surface area contributed by atoms with Gasteiger partial charge in [0.15, 0.2) is 16.9 Å². The molecule has 1 aliphatic rings. The van der Waals surface area contributed by atoms with Crippen molar-refractivity contribution in [3.05, 3.63) is 69.6 Å². The van der Waals surface area contributed by atoms with Crippen molar-refractivity contribution in [2.45, 2.75) is 19.4 Å². The molecule has 7 heteroatoms. The number of ether oxygens (including phenoxy) is 1. The van der Waals surface area contributed by atoms with Gasteiger partial charge in [0.25, 0.3) is 5.91 Å². The molecule has 7 nitrogen and oxygen atoms in total. The first-order chi connectivity index (χ1) is 14.1. The summed E-state index contributed by atoms with van der Waals surface area (Å²) >= 11 is 0. The number of para-hydroxylation sites is 1. The maximum atomic E-state index is 13.3. The van der Waals surface area contributed by atoms with Crippen LogP contribution in [0.2, 0.25) is 0 Å². The molecule has 3 aromatic rings. The average Bonchev–Trinajstić information content (AvgIpc) is 3.00. The number of fused-ring (bicyclic) bond motifs is 2. The number of rotatable bonds is 6. The first-order valence-corrected chi connectivity index (χ1v) is 9.50. The number of hydrogen-bond donors (Lipinski definition) is 2. The Morgan fingerprint density at radius 1 is 1.17 bits per heavy atom. The summed E-state index contributed by atoms with van der Waals surface area (Å²) in [5.74, 6) is -0.124. The molecule has 4 rings (SSSR count). The Kier molecular flexibility index (Phi) is 4.98. The predicted octanol–water partition coefficient (Wildman–Crippen LogP) is 2.82. The summed E-state index contributed by atoms with van der Waals surface area (Å²) in [5.41, 5.74) is 0.976. The van der Waals surface area contributed by atoms with E-state index in [0.717, 1.165) is 0 Å². The fourth-order valence-corrected chi connectivity index (χ4v) is 3.76. The second-order valence-electron chi connectivity index (χ2n) is 6.81. The maximum Gasteiger partial charge on any atom is 0.290 e. The zero-order chi connectivity index (χ0) is 20.5. The molecule has 2 aromatic carbocycles. The maximum absolute atomic E-state index is 13.3. The number of aliphatic hydroxyl groups excluding tert-OH is 1. The zero-order valence-corrected chi connectivity index (χ0v) is 15.9. The lowest BCUT2D eigenvalue weighted by atomic mass is 9.98. The van der Waals surface area contributed by atoms with Gasteiger partial charge in [-0.15, -0.1) is 0 Å². The minimum Gasteiger partial charge on any atom is -0.504 e. The van der Waals surface area contributed by atoms with Crippen LogP contribution in [0.4, 0.5) is 0 Å². The van der Waals surface area contributed by atoms with Crippen molar-refractivity contribution in [3.8, 4) is 11.5 Å². The first-order valence-electron chi connectivity index (χ1n) is 9.50. The Hall–Kier alpha value is -3.32. The lowest BCUT2D eigenvalue weighted by Gasteiger charge is -2.25. The van der Waals surface area contributed by atoms with Crippen molar-refractivity contribution in [2.75, 3.05) is 19.8 Å². The van der Waals surface area contributed by atoms with Crippen LogP contribution in [0.5, 0.6) is 11.5 Å². The number of aliphatic hydroxyl groups is 1. The molecular weight excluding hydrogens is 374 g/mol. The molecule has 2 N–H and O–H groups in total. The standard InChI is InChI=1S/C22H21NO6/c1-2-28-17-12-13(8-9-15(17)25)19-18-20(26)14-6-3-4-7-16(14)29-21(18)22(27)23(19)10-5-11-24/h3-4,6-9,12,19,24-25H,2,5,10-11H2,1H3/t19-/m1/s1. The highest BCUT2D eigenvalue weighted by molar-refractivity contribution is 5.99. The average molecular weight is 395 g/mol. The predicted molar refractivity (Wildman–Crippen MR) is 106 cm³/mol. The molecule has 150 valence electrons. The molecular formula is C22H21NO6. The van der Waals surface area contributed by atoms with Crippen LogP contribution in [0.15, 0.2) is 51.7 Å². The summed E-state index contributed by atoms with van der Waals surface area (Å²) < 4.78 is 11.3. The van der Waals surface area contributed by atoms with Gasteiger partial charge >= 0.3 is 0 Å². The van der Waals surface area contributed by atoms with E-state index in [-0.39, 0.29) is 41.4 Å². The minimum atomic E-state index is -0.690. The summed E-state index contributed by atoms with van der Waals surface area (Å²) in [6, 6.07) is 10.9. The number of hydrogen-bond acceptors (Lipinski definition) is 6. The molecule has 1 aliphatic heterocycles. The van der Waals surface area contributed by atoms with Crippen molar-refractivity contribution in [1.82, 2.24) is 4.90 Å². The molecule has 0 aliphatic carbocycles. The largest absolute Gasteiger partial charge is 0.504 e. The Labute approximate surface area is 166 Å². The second-order valence-corrected chi connectivity index (χ2v) is 6.81. The topological polar surface area (TPSA) is 100 Å². The second kappa shape index (κ2) is 7.60. The van der Waals surface area contributed by atoms with Crippen LogP contribution in [0.3, 0.4) is 0 Å². The van der Waals surface area contributed by atoms with E-state index in [2.05, 4.69) is 0 Å². The van der Waals surface area contributed by atoms with Gasteiger partial charge in [-0.25, -0.2) is 0 Å². The third-order valence-electron chi connectivity index (χ3n) is 5.03. The molecule has 1 atom stereocenters. The van der Waals surface area contributed by atoms with Crippen LogP contribution in [0, 0.1) is 0 Å². The highest BCUT2D eigenvalue weighted by atomic mass is 16.5. The van der Waals surface area contributed by atoms with Gasteiger partial charge in [0.2, 0.25) is 5.76 Å². The van der Waals surface area contributed by atoms with E-state index in [9.17, 15) is 19.8 Å². The zero-order valence-electron chi connectivity index (χ0n) is 15.9. The number of nitrogens with zero attached hydrogens (tertiary/aromatic N) is 1. The SMILES string of the molecule is CCOc1cc([C@@H]2c3c(oc4ccccc4c3=O)C(=O)N2CCCO)ccc1O. The van der Waals surface area contributed by atoms with Gasteiger partial charge in [-0.05, 0) is 43.2 Å². The minimum absolute atomic E-state index is 0.0164. The molecule has 0 fully saturated rings. The van der Waals surface area contributed by atoms with Crippen molar-refractivity contribution in [2.24, 2.45) is 0 Å². The van der Waals surface area contributed by atoms with E-state index >= 15 is 0 Å². The van der Waals surface area contributed by atoms with Crippen LogP contribution in [-0.2, 0) is 0 Å². The van der Waals surface area contributed by atoms with Crippen LogP contribution in [0.1, 0.15) is 41.1 Å². The van der Waals surface area contributed by atoms with E-state index in [1.807, 2.05) is 0 Å². The molecule has 0 saturated heterocycles. The molecule has 0 radical (unpaired) electrons. The van der Waals surface area contributed by atoms with Crippen LogP contribution >= 0.6 is 0 Å². The Morgan fingerprint density at radius 3 is 2.72 bits per heavy atom. The fourth-order valence-electron chi connectivity index (χ4n) is 3.76. The monoisotopic (exact) mass is 395 g/mol. The van der Waals surface area contributed by atoms with Gasteiger partial charge in [-0.1, -0.05) is 18.2 Å². The number of carbonyl (C=O) groups is 1. The van der Waals surface area contributed by atoms with Gasteiger partial charge in [-0.3, -0.25) is 9.59 Å². The van der Waals surface area contributed by atoms with Crippen molar-refractivity contribution in [3.63, 3.8) is 0 Å². The lowest BCUT2D eigenvalue weighted by molar-refractivity contribution is 0.0716. The summed E-state index contributed by atoms with van der Waals surface area (Å²) in [6.07, 6.45) is 0.361. The number of phenolic OH excluding ortho intramolecular Hbond substituents is 1. The molecule has 1 amide bonds. The Bertz CT molecular complexity index is 1140. The van der Waals surface area contributed by atoms with E-state index < -0.39 is 11.9 Å². The third kappa shape index (κ3) is 3.13. The molecule has 29 heavy (non-hydrogen) atoms. The van der Waals surface area contributed by atoms with Crippen molar-refractivity contribution < 1.29 is 24.2 Å². The number of aromatic hydroxyl groups is 1. The van der Waals surface area contributed by atoms with Crippen molar-refractivity contribution in [1.29, 1.82) is 0 Å². The van der Waals surface area contributed by atoms with E-state index in [1.165, 1.54) is 11.0 Å². The molecule has 0 bridgehead atoms. The highest BCUT2D eigenvalue weighted by Crippen LogP contribution is 2.40.